The molecule has 2 aromatic rings. The van der Waals surface area contributed by atoms with Gasteiger partial charge in [0.2, 0.25) is 11.7 Å². The maximum atomic E-state index is 12.3. The number of para-hydroxylation sites is 1. The fourth-order valence-corrected chi connectivity index (χ4v) is 2.60. The molecule has 0 saturated carbocycles. The van der Waals surface area contributed by atoms with Crippen molar-refractivity contribution in [1.29, 1.82) is 0 Å². The van der Waals surface area contributed by atoms with E-state index in [1.807, 2.05) is 38.1 Å². The lowest BCUT2D eigenvalue weighted by Gasteiger charge is -2.14. The van der Waals surface area contributed by atoms with Crippen molar-refractivity contribution in [3.63, 3.8) is 0 Å². The van der Waals surface area contributed by atoms with E-state index in [0.717, 1.165) is 22.4 Å². The van der Waals surface area contributed by atoms with Crippen LogP contribution in [0.25, 0.3) is 6.08 Å². The predicted molar refractivity (Wildman–Crippen MR) is 99.7 cm³/mol. The Morgan fingerprint density at radius 2 is 1.56 bits per heavy atom. The van der Waals surface area contributed by atoms with Crippen LogP contribution in [-0.2, 0) is 4.79 Å². The fourth-order valence-electron chi connectivity index (χ4n) is 2.60. The van der Waals surface area contributed by atoms with E-state index >= 15 is 0 Å². The minimum absolute atomic E-state index is 0.214. The number of carbonyl (C=O) groups is 1. The van der Waals surface area contributed by atoms with Crippen molar-refractivity contribution in [2.75, 3.05) is 26.6 Å². The normalized spacial score (nSPS) is 10.6. The highest BCUT2D eigenvalue weighted by Crippen LogP contribution is 2.40. The summed E-state index contributed by atoms with van der Waals surface area (Å²) >= 11 is 0. The molecule has 1 N–H and O–H groups in total. The van der Waals surface area contributed by atoms with Gasteiger partial charge in [0.15, 0.2) is 11.5 Å². The zero-order valence-corrected chi connectivity index (χ0v) is 15.2. The van der Waals surface area contributed by atoms with Crippen LogP contribution in [0.3, 0.4) is 0 Å². The Morgan fingerprint density at radius 3 is 2.12 bits per heavy atom. The molecule has 0 atom stereocenters. The Bertz CT molecular complexity index is 776. The summed E-state index contributed by atoms with van der Waals surface area (Å²) in [6.45, 7) is 3.92. The van der Waals surface area contributed by atoms with Gasteiger partial charge in [0.25, 0.3) is 0 Å². The monoisotopic (exact) mass is 341 g/mol. The zero-order valence-electron chi connectivity index (χ0n) is 15.2. The maximum absolute atomic E-state index is 12.3. The Morgan fingerprint density at radius 1 is 0.920 bits per heavy atom. The third-order valence-electron chi connectivity index (χ3n) is 3.88. The summed E-state index contributed by atoms with van der Waals surface area (Å²) < 4.78 is 16.0. The number of aryl methyl sites for hydroxylation is 2. The highest BCUT2D eigenvalue weighted by atomic mass is 16.5. The first-order chi connectivity index (χ1) is 12.0. The fraction of sp³-hybridized carbons (Fsp3) is 0.250. The van der Waals surface area contributed by atoms with Crippen LogP contribution in [0.1, 0.15) is 16.7 Å². The van der Waals surface area contributed by atoms with Crippen LogP contribution in [0, 0.1) is 13.8 Å². The Hall–Kier alpha value is -2.95. The molecule has 0 spiro atoms. The second-order valence-corrected chi connectivity index (χ2v) is 5.51. The third-order valence-corrected chi connectivity index (χ3v) is 3.88. The number of hydrogen-bond donors (Lipinski definition) is 1. The van der Waals surface area contributed by atoms with Gasteiger partial charge in [-0.25, -0.2) is 0 Å². The average molecular weight is 341 g/mol. The number of carbonyl (C=O) groups excluding carboxylic acids is 1. The highest BCUT2D eigenvalue weighted by Gasteiger charge is 2.14. The molecular formula is C20H23NO4. The van der Waals surface area contributed by atoms with Gasteiger partial charge < -0.3 is 19.5 Å². The Balaban J connectivity index is 2.25. The molecule has 2 rings (SSSR count). The van der Waals surface area contributed by atoms with Gasteiger partial charge in [0.1, 0.15) is 0 Å². The van der Waals surface area contributed by atoms with Gasteiger partial charge in [0, 0.05) is 17.3 Å². The average Bonchev–Trinajstić information content (AvgIpc) is 2.62. The van der Waals surface area contributed by atoms with Gasteiger partial charge in [0.05, 0.1) is 21.3 Å². The molecular weight excluding hydrogens is 318 g/mol. The van der Waals surface area contributed by atoms with Gasteiger partial charge in [-0.3, -0.25) is 4.79 Å². The van der Waals surface area contributed by atoms with Gasteiger partial charge in [-0.1, -0.05) is 18.2 Å². The standard InChI is InChI=1S/C20H23NO4/c1-13-7-6-8-14(2)18(13)21-17(22)12-10-15-9-11-16(23-3)20(25-5)19(15)24-4/h6-12H,1-5H3,(H,21,22). The minimum atomic E-state index is -0.214. The molecule has 2 aromatic carbocycles. The van der Waals surface area contributed by atoms with E-state index in [-0.39, 0.29) is 5.91 Å². The van der Waals surface area contributed by atoms with Crippen LogP contribution in [0.4, 0.5) is 5.69 Å². The SMILES string of the molecule is COc1ccc(C=CC(=O)Nc2c(C)cccc2C)c(OC)c1OC. The summed E-state index contributed by atoms with van der Waals surface area (Å²) in [4.78, 5) is 12.3. The lowest BCUT2D eigenvalue weighted by atomic mass is 10.1. The van der Waals surface area contributed by atoms with E-state index in [9.17, 15) is 4.79 Å². The largest absolute Gasteiger partial charge is 0.493 e. The van der Waals surface area contributed by atoms with Crippen molar-refractivity contribution >= 4 is 17.7 Å². The first-order valence-electron chi connectivity index (χ1n) is 7.86. The van der Waals surface area contributed by atoms with E-state index in [0.29, 0.717) is 17.2 Å². The van der Waals surface area contributed by atoms with Gasteiger partial charge in [-0.05, 0) is 43.2 Å². The Kier molecular flexibility index (Phi) is 6.06. The van der Waals surface area contributed by atoms with Crippen LogP contribution in [-0.4, -0.2) is 27.2 Å². The molecule has 132 valence electrons. The smallest absolute Gasteiger partial charge is 0.248 e. The van der Waals surface area contributed by atoms with Crippen molar-refractivity contribution in [3.05, 3.63) is 53.1 Å². The number of hydrogen-bond acceptors (Lipinski definition) is 4. The molecule has 0 aliphatic rings. The molecule has 0 fully saturated rings. The molecule has 1 amide bonds. The number of methoxy groups -OCH3 is 3. The topological polar surface area (TPSA) is 56.8 Å². The van der Waals surface area contributed by atoms with Gasteiger partial charge >= 0.3 is 0 Å². The van der Waals surface area contributed by atoms with Crippen molar-refractivity contribution in [2.45, 2.75) is 13.8 Å². The summed E-state index contributed by atoms with van der Waals surface area (Å²) in [5.41, 5.74) is 3.59. The molecule has 0 aromatic heterocycles. The first kappa shape index (κ1) is 18.4. The summed E-state index contributed by atoms with van der Waals surface area (Å²) in [6, 6.07) is 9.46. The predicted octanol–water partition coefficient (Wildman–Crippen LogP) is 3.98. The second kappa shape index (κ2) is 8.24. The first-order valence-corrected chi connectivity index (χ1v) is 7.86. The summed E-state index contributed by atoms with van der Waals surface area (Å²) in [6.07, 6.45) is 3.15. The number of rotatable bonds is 6. The van der Waals surface area contributed by atoms with E-state index in [4.69, 9.17) is 14.2 Å². The quantitative estimate of drug-likeness (QED) is 0.808. The molecule has 0 bridgehead atoms. The van der Waals surface area contributed by atoms with Crippen molar-refractivity contribution < 1.29 is 19.0 Å². The molecule has 5 nitrogen and oxygen atoms in total. The molecule has 0 radical (unpaired) electrons. The number of benzene rings is 2. The molecule has 0 saturated heterocycles. The van der Waals surface area contributed by atoms with Crippen LogP contribution in [0.5, 0.6) is 17.2 Å². The highest BCUT2D eigenvalue weighted by molar-refractivity contribution is 6.03. The van der Waals surface area contributed by atoms with Crippen molar-refractivity contribution in [1.82, 2.24) is 0 Å². The second-order valence-electron chi connectivity index (χ2n) is 5.51. The summed E-state index contributed by atoms with van der Waals surface area (Å²) in [5, 5.41) is 2.91. The van der Waals surface area contributed by atoms with E-state index in [1.165, 1.54) is 6.08 Å². The van der Waals surface area contributed by atoms with Gasteiger partial charge in [-0.2, -0.15) is 0 Å². The van der Waals surface area contributed by atoms with E-state index in [1.54, 1.807) is 33.5 Å². The number of nitrogens with one attached hydrogen (secondary N) is 1. The van der Waals surface area contributed by atoms with Gasteiger partial charge in [-0.15, -0.1) is 0 Å². The Labute approximate surface area is 148 Å². The maximum Gasteiger partial charge on any atom is 0.248 e. The molecule has 0 unspecified atom stereocenters. The van der Waals surface area contributed by atoms with Crippen LogP contribution in [0.15, 0.2) is 36.4 Å². The van der Waals surface area contributed by atoms with E-state index < -0.39 is 0 Å². The summed E-state index contributed by atoms with van der Waals surface area (Å²) in [7, 11) is 4.65. The van der Waals surface area contributed by atoms with Crippen molar-refractivity contribution in [3.8, 4) is 17.2 Å². The lowest BCUT2D eigenvalue weighted by Crippen LogP contribution is -2.10. The lowest BCUT2D eigenvalue weighted by molar-refractivity contribution is -0.111. The number of ether oxygens (including phenoxy) is 3. The van der Waals surface area contributed by atoms with Crippen LogP contribution < -0.4 is 19.5 Å². The molecule has 25 heavy (non-hydrogen) atoms. The van der Waals surface area contributed by atoms with Crippen molar-refractivity contribution in [2.24, 2.45) is 0 Å². The van der Waals surface area contributed by atoms with E-state index in [2.05, 4.69) is 5.32 Å². The molecule has 5 heteroatoms. The summed E-state index contributed by atoms with van der Waals surface area (Å²) in [5.74, 6) is 1.35. The molecule has 0 heterocycles. The number of amides is 1. The van der Waals surface area contributed by atoms with Crippen LogP contribution >= 0.6 is 0 Å². The minimum Gasteiger partial charge on any atom is -0.493 e. The molecule has 0 aliphatic heterocycles. The molecule has 0 aliphatic carbocycles. The zero-order chi connectivity index (χ0) is 18.4. The third kappa shape index (κ3) is 4.12. The van der Waals surface area contributed by atoms with Crippen LogP contribution in [0.2, 0.25) is 0 Å². The number of anilines is 1.